The van der Waals surface area contributed by atoms with Gasteiger partial charge < -0.3 is 10.8 Å². The Kier molecular flexibility index (Phi) is 2.82. The summed E-state index contributed by atoms with van der Waals surface area (Å²) in [5, 5.41) is 13.0. The van der Waals surface area contributed by atoms with Crippen molar-refractivity contribution in [3.8, 4) is 0 Å². The second kappa shape index (κ2) is 4.28. The van der Waals surface area contributed by atoms with E-state index in [1.807, 2.05) is 0 Å². The average Bonchev–Trinajstić information content (AvgIpc) is 2.68. The van der Waals surface area contributed by atoms with E-state index in [1.165, 1.54) is 0 Å². The lowest BCUT2D eigenvalue weighted by atomic mass is 10.0. The molecule has 84 valence electrons. The van der Waals surface area contributed by atoms with Gasteiger partial charge in [0, 0.05) is 30.9 Å². The quantitative estimate of drug-likeness (QED) is 0.770. The Hall–Kier alpha value is -1.95. The molecule has 2 aromatic heterocycles. The third-order valence-corrected chi connectivity index (χ3v) is 2.38. The van der Waals surface area contributed by atoms with Gasteiger partial charge in [0.05, 0.1) is 12.1 Å². The molecule has 6 nitrogen and oxygen atoms in total. The highest BCUT2D eigenvalue weighted by Gasteiger charge is 2.17. The third kappa shape index (κ3) is 2.01. The molecular formula is C10H12N4O2. The molecule has 2 heterocycles. The van der Waals surface area contributed by atoms with E-state index in [1.54, 1.807) is 29.0 Å². The van der Waals surface area contributed by atoms with Crippen LogP contribution in [0.15, 0.2) is 24.5 Å². The lowest BCUT2D eigenvalue weighted by Crippen LogP contribution is -2.16. The van der Waals surface area contributed by atoms with Crippen molar-refractivity contribution in [2.75, 3.05) is 6.54 Å². The molecule has 1 unspecified atom stereocenters. The normalized spacial score (nSPS) is 12.8. The molecule has 0 saturated heterocycles. The van der Waals surface area contributed by atoms with E-state index >= 15 is 0 Å². The fourth-order valence-corrected chi connectivity index (χ4v) is 1.57. The van der Waals surface area contributed by atoms with E-state index in [0.29, 0.717) is 11.3 Å². The molecule has 0 spiro atoms. The van der Waals surface area contributed by atoms with Gasteiger partial charge in [-0.15, -0.1) is 0 Å². The second-order valence-corrected chi connectivity index (χ2v) is 3.52. The van der Waals surface area contributed by atoms with Crippen LogP contribution in [0.5, 0.6) is 0 Å². The monoisotopic (exact) mass is 220 g/mol. The minimum absolute atomic E-state index is 0.0135. The van der Waals surface area contributed by atoms with Gasteiger partial charge in [-0.05, 0) is 6.07 Å². The van der Waals surface area contributed by atoms with Crippen LogP contribution in [-0.2, 0) is 4.79 Å². The number of fused-ring (bicyclic) bond motifs is 1. The van der Waals surface area contributed by atoms with E-state index in [-0.39, 0.29) is 18.9 Å². The standard InChI is InChI=1S/C10H12N4O2/c11-6-7(4-10(15)16)8-5-9-12-2-1-3-14(9)13-8/h1-3,5,7H,4,6,11H2,(H,15,16). The number of rotatable bonds is 4. The van der Waals surface area contributed by atoms with E-state index in [0.717, 1.165) is 0 Å². The number of aliphatic carboxylic acids is 1. The molecule has 2 rings (SSSR count). The topological polar surface area (TPSA) is 93.5 Å². The van der Waals surface area contributed by atoms with E-state index in [9.17, 15) is 4.79 Å². The highest BCUT2D eigenvalue weighted by atomic mass is 16.4. The summed E-state index contributed by atoms with van der Waals surface area (Å²) in [4.78, 5) is 14.8. The smallest absolute Gasteiger partial charge is 0.304 e. The van der Waals surface area contributed by atoms with Crippen molar-refractivity contribution >= 4 is 11.6 Å². The molecule has 0 radical (unpaired) electrons. The van der Waals surface area contributed by atoms with Crippen LogP contribution in [0.1, 0.15) is 18.0 Å². The molecule has 0 aliphatic heterocycles. The fraction of sp³-hybridized carbons (Fsp3) is 0.300. The van der Waals surface area contributed by atoms with Gasteiger partial charge in [0.1, 0.15) is 0 Å². The Balaban J connectivity index is 2.34. The molecule has 3 N–H and O–H groups in total. The molecule has 0 bridgehead atoms. The van der Waals surface area contributed by atoms with Crippen LogP contribution >= 0.6 is 0 Å². The van der Waals surface area contributed by atoms with Crippen molar-refractivity contribution in [1.29, 1.82) is 0 Å². The minimum atomic E-state index is -0.875. The summed E-state index contributed by atoms with van der Waals surface area (Å²) < 4.78 is 1.61. The Morgan fingerprint density at radius 1 is 1.62 bits per heavy atom. The van der Waals surface area contributed by atoms with Gasteiger partial charge in [-0.25, -0.2) is 9.50 Å². The van der Waals surface area contributed by atoms with E-state index in [2.05, 4.69) is 10.1 Å². The zero-order valence-electron chi connectivity index (χ0n) is 8.58. The lowest BCUT2D eigenvalue weighted by Gasteiger charge is -2.07. The maximum Gasteiger partial charge on any atom is 0.304 e. The first kappa shape index (κ1) is 10.6. The van der Waals surface area contributed by atoms with Crippen molar-refractivity contribution in [3.05, 3.63) is 30.2 Å². The summed E-state index contributed by atoms with van der Waals surface area (Å²) >= 11 is 0. The van der Waals surface area contributed by atoms with Gasteiger partial charge >= 0.3 is 5.97 Å². The molecule has 6 heteroatoms. The largest absolute Gasteiger partial charge is 0.481 e. The lowest BCUT2D eigenvalue weighted by molar-refractivity contribution is -0.137. The van der Waals surface area contributed by atoms with Crippen LogP contribution in [0.4, 0.5) is 0 Å². The number of aromatic nitrogens is 3. The van der Waals surface area contributed by atoms with Crippen LogP contribution < -0.4 is 5.73 Å². The maximum absolute atomic E-state index is 10.7. The van der Waals surface area contributed by atoms with Crippen molar-refractivity contribution in [3.63, 3.8) is 0 Å². The maximum atomic E-state index is 10.7. The molecule has 0 aromatic carbocycles. The van der Waals surface area contributed by atoms with Crippen molar-refractivity contribution in [2.45, 2.75) is 12.3 Å². The number of hydrogen-bond donors (Lipinski definition) is 2. The van der Waals surface area contributed by atoms with Gasteiger partial charge in [0.25, 0.3) is 0 Å². The zero-order valence-corrected chi connectivity index (χ0v) is 8.58. The van der Waals surface area contributed by atoms with Crippen molar-refractivity contribution in [2.24, 2.45) is 5.73 Å². The molecule has 0 fully saturated rings. The molecule has 0 aliphatic carbocycles. The molecule has 0 amide bonds. The Morgan fingerprint density at radius 2 is 2.44 bits per heavy atom. The minimum Gasteiger partial charge on any atom is -0.481 e. The Morgan fingerprint density at radius 3 is 3.06 bits per heavy atom. The number of carboxylic acid groups (broad SMARTS) is 1. The van der Waals surface area contributed by atoms with E-state index < -0.39 is 5.97 Å². The van der Waals surface area contributed by atoms with Gasteiger partial charge in [-0.3, -0.25) is 4.79 Å². The first-order valence-electron chi connectivity index (χ1n) is 4.93. The van der Waals surface area contributed by atoms with Gasteiger partial charge in [-0.1, -0.05) is 0 Å². The number of hydrogen-bond acceptors (Lipinski definition) is 4. The second-order valence-electron chi connectivity index (χ2n) is 3.52. The van der Waals surface area contributed by atoms with Crippen LogP contribution in [-0.4, -0.2) is 32.2 Å². The van der Waals surface area contributed by atoms with Gasteiger partial charge in [0.15, 0.2) is 5.65 Å². The molecule has 16 heavy (non-hydrogen) atoms. The summed E-state index contributed by atoms with van der Waals surface area (Å²) in [5.74, 6) is -1.14. The number of nitrogens with two attached hydrogens (primary N) is 1. The first-order chi connectivity index (χ1) is 7.70. The molecule has 0 saturated carbocycles. The number of carbonyl (C=O) groups is 1. The highest BCUT2D eigenvalue weighted by molar-refractivity contribution is 5.68. The SMILES string of the molecule is NCC(CC(=O)O)c1cc2ncccn2n1. The predicted octanol–water partition coefficient (Wildman–Crippen LogP) is 0.246. The summed E-state index contributed by atoms with van der Waals surface area (Å²) in [6.07, 6.45) is 3.41. The van der Waals surface area contributed by atoms with Crippen LogP contribution in [0.25, 0.3) is 5.65 Å². The molecular weight excluding hydrogens is 208 g/mol. The fourth-order valence-electron chi connectivity index (χ4n) is 1.57. The number of carboxylic acids is 1. The first-order valence-corrected chi connectivity index (χ1v) is 4.93. The summed E-state index contributed by atoms with van der Waals surface area (Å²) in [5.41, 5.74) is 6.91. The summed E-state index contributed by atoms with van der Waals surface area (Å²) in [7, 11) is 0. The van der Waals surface area contributed by atoms with Crippen molar-refractivity contribution in [1.82, 2.24) is 14.6 Å². The van der Waals surface area contributed by atoms with Crippen LogP contribution in [0, 0.1) is 0 Å². The molecule has 2 aromatic rings. The third-order valence-electron chi connectivity index (χ3n) is 2.38. The number of nitrogens with zero attached hydrogens (tertiary/aromatic N) is 3. The van der Waals surface area contributed by atoms with Crippen LogP contribution in [0.2, 0.25) is 0 Å². The van der Waals surface area contributed by atoms with E-state index in [4.69, 9.17) is 10.8 Å². The Bertz CT molecular complexity index is 475. The summed E-state index contributed by atoms with van der Waals surface area (Å²) in [6, 6.07) is 3.53. The predicted molar refractivity (Wildman–Crippen MR) is 57.0 cm³/mol. The summed E-state index contributed by atoms with van der Waals surface area (Å²) in [6.45, 7) is 0.260. The van der Waals surface area contributed by atoms with Gasteiger partial charge in [-0.2, -0.15) is 5.10 Å². The highest BCUT2D eigenvalue weighted by Crippen LogP contribution is 2.17. The molecule has 0 aliphatic rings. The zero-order chi connectivity index (χ0) is 11.5. The average molecular weight is 220 g/mol. The van der Waals surface area contributed by atoms with Crippen LogP contribution in [0.3, 0.4) is 0 Å². The van der Waals surface area contributed by atoms with Gasteiger partial charge in [0.2, 0.25) is 0 Å². The Labute approximate surface area is 91.7 Å². The molecule has 1 atom stereocenters. The van der Waals surface area contributed by atoms with Crippen molar-refractivity contribution < 1.29 is 9.90 Å².